The normalized spacial score (nSPS) is 12.4. The van der Waals surface area contributed by atoms with Crippen molar-refractivity contribution in [1.82, 2.24) is 4.57 Å². The molecule has 0 rings (SSSR count). The van der Waals surface area contributed by atoms with E-state index in [9.17, 15) is 0 Å². The highest BCUT2D eigenvalue weighted by Crippen LogP contribution is 2.18. The van der Waals surface area contributed by atoms with Crippen LogP contribution in [0, 0.1) is 5.92 Å². The fourth-order valence-electron chi connectivity index (χ4n) is 4.29. The Kier molecular flexibility index (Phi) is 21.9. The predicted octanol–water partition coefficient (Wildman–Crippen LogP) is 7.97. The van der Waals surface area contributed by atoms with Crippen molar-refractivity contribution >= 4 is 8.97 Å². The molecule has 0 aromatic heterocycles. The molecule has 0 radical (unpaired) electrons. The summed E-state index contributed by atoms with van der Waals surface area (Å²) in [5.74, 6) is 0.672. The van der Waals surface area contributed by atoms with Crippen LogP contribution in [0.1, 0.15) is 130 Å². The van der Waals surface area contributed by atoms with Crippen LogP contribution in [0.5, 0.6) is 0 Å². The third kappa shape index (κ3) is 16.3. The van der Waals surface area contributed by atoms with Gasteiger partial charge in [0.1, 0.15) is 0 Å². The summed E-state index contributed by atoms with van der Waals surface area (Å²) in [6.07, 6.45) is 23.5. The number of rotatable bonds is 24. The van der Waals surface area contributed by atoms with Crippen LogP contribution in [0.2, 0.25) is 0 Å². The number of nitrogens with zero attached hydrogens (tertiary/aromatic N) is 1. The van der Waals surface area contributed by atoms with E-state index in [0.717, 1.165) is 19.5 Å². The standard InChI is InChI=1S/C26H57NO3Si/c1-7-8-9-10-11-12-13-14-15-16-17-18-19-20-21-22-24-27(25-23-26(2)3)31(28-4,29-5)30-6/h26H,7-25H2,1-6H3. The summed E-state index contributed by atoms with van der Waals surface area (Å²) in [6.45, 7) is 8.82. The Morgan fingerprint density at radius 1 is 0.548 bits per heavy atom. The van der Waals surface area contributed by atoms with Gasteiger partial charge >= 0.3 is 8.97 Å². The maximum Gasteiger partial charge on any atom is 0.598 e. The van der Waals surface area contributed by atoms with Crippen molar-refractivity contribution in [1.29, 1.82) is 0 Å². The number of hydrogen-bond donors (Lipinski definition) is 0. The van der Waals surface area contributed by atoms with Gasteiger partial charge in [-0.1, -0.05) is 117 Å². The smallest absolute Gasteiger partial charge is 0.364 e. The average molecular weight is 460 g/mol. The highest BCUT2D eigenvalue weighted by Gasteiger charge is 2.45. The second kappa shape index (κ2) is 21.9. The molecule has 4 nitrogen and oxygen atoms in total. The molecule has 0 spiro atoms. The fraction of sp³-hybridized carbons (Fsp3) is 1.00. The van der Waals surface area contributed by atoms with Crippen LogP contribution in [0.3, 0.4) is 0 Å². The summed E-state index contributed by atoms with van der Waals surface area (Å²) in [4.78, 5) is 0. The lowest BCUT2D eigenvalue weighted by atomic mass is 10.0. The SMILES string of the molecule is CCCCCCCCCCCCCCCCCCN(CCC(C)C)[Si](OC)(OC)OC. The van der Waals surface area contributed by atoms with Gasteiger partial charge in [-0.25, -0.2) is 0 Å². The molecule has 0 aromatic rings. The lowest BCUT2D eigenvalue weighted by Crippen LogP contribution is -2.60. The molecule has 0 aromatic carbocycles. The zero-order valence-electron chi connectivity index (χ0n) is 22.2. The molecule has 0 fully saturated rings. The molecule has 0 amide bonds. The quantitative estimate of drug-likeness (QED) is 0.108. The van der Waals surface area contributed by atoms with E-state index in [0.29, 0.717) is 5.92 Å². The van der Waals surface area contributed by atoms with E-state index in [2.05, 4.69) is 25.3 Å². The molecule has 0 aliphatic carbocycles. The van der Waals surface area contributed by atoms with E-state index in [4.69, 9.17) is 13.3 Å². The Labute approximate surface area is 197 Å². The van der Waals surface area contributed by atoms with Gasteiger partial charge in [-0.2, -0.15) is 0 Å². The molecule has 188 valence electrons. The average Bonchev–Trinajstić information content (AvgIpc) is 2.77. The summed E-state index contributed by atoms with van der Waals surface area (Å²) in [5.41, 5.74) is 0. The monoisotopic (exact) mass is 459 g/mol. The zero-order chi connectivity index (χ0) is 23.2. The highest BCUT2D eigenvalue weighted by molar-refractivity contribution is 6.57. The highest BCUT2D eigenvalue weighted by atomic mass is 28.4. The van der Waals surface area contributed by atoms with Crippen LogP contribution < -0.4 is 0 Å². The Hall–Kier alpha value is 0.0569. The summed E-state index contributed by atoms with van der Waals surface area (Å²) < 4.78 is 19.5. The largest absolute Gasteiger partial charge is 0.598 e. The summed E-state index contributed by atoms with van der Waals surface area (Å²) in [5, 5.41) is 0. The van der Waals surface area contributed by atoms with Gasteiger partial charge in [0.05, 0.1) is 0 Å². The van der Waals surface area contributed by atoms with E-state index in [1.807, 2.05) is 0 Å². The zero-order valence-corrected chi connectivity index (χ0v) is 23.2. The minimum Gasteiger partial charge on any atom is -0.364 e. The first-order valence-corrected chi connectivity index (χ1v) is 15.1. The Morgan fingerprint density at radius 2 is 0.903 bits per heavy atom. The second-order valence-electron chi connectivity index (χ2n) is 9.61. The van der Waals surface area contributed by atoms with Gasteiger partial charge in [0, 0.05) is 21.3 Å². The van der Waals surface area contributed by atoms with Gasteiger partial charge in [0.2, 0.25) is 0 Å². The first kappa shape index (κ1) is 31.1. The van der Waals surface area contributed by atoms with Crippen molar-refractivity contribution in [3.63, 3.8) is 0 Å². The maximum atomic E-state index is 5.73. The van der Waals surface area contributed by atoms with Crippen molar-refractivity contribution in [2.45, 2.75) is 130 Å². The van der Waals surface area contributed by atoms with Crippen LogP contribution in [0.15, 0.2) is 0 Å². The summed E-state index contributed by atoms with van der Waals surface area (Å²) >= 11 is 0. The van der Waals surface area contributed by atoms with E-state index in [1.54, 1.807) is 21.3 Å². The van der Waals surface area contributed by atoms with Crippen LogP contribution in [-0.2, 0) is 13.3 Å². The predicted molar refractivity (Wildman–Crippen MR) is 137 cm³/mol. The first-order chi connectivity index (χ1) is 15.1. The molecule has 0 atom stereocenters. The maximum absolute atomic E-state index is 5.73. The van der Waals surface area contributed by atoms with Crippen molar-refractivity contribution in [3.05, 3.63) is 0 Å². The van der Waals surface area contributed by atoms with E-state index in [-0.39, 0.29) is 0 Å². The number of unbranched alkanes of at least 4 members (excludes halogenated alkanes) is 15. The van der Waals surface area contributed by atoms with E-state index >= 15 is 0 Å². The topological polar surface area (TPSA) is 30.9 Å². The first-order valence-electron chi connectivity index (χ1n) is 13.5. The lowest BCUT2D eigenvalue weighted by Gasteiger charge is -2.35. The van der Waals surface area contributed by atoms with Gasteiger partial charge in [-0.05, 0) is 31.8 Å². The molecule has 0 aliphatic heterocycles. The van der Waals surface area contributed by atoms with Gasteiger partial charge < -0.3 is 13.3 Å². The molecule has 0 heterocycles. The van der Waals surface area contributed by atoms with Crippen molar-refractivity contribution in [2.75, 3.05) is 34.4 Å². The third-order valence-corrected chi connectivity index (χ3v) is 9.19. The lowest BCUT2D eigenvalue weighted by molar-refractivity contribution is 0.0550. The van der Waals surface area contributed by atoms with Gasteiger partial charge in [0.25, 0.3) is 0 Å². The van der Waals surface area contributed by atoms with Gasteiger partial charge in [-0.15, -0.1) is 0 Å². The van der Waals surface area contributed by atoms with Crippen molar-refractivity contribution < 1.29 is 13.3 Å². The minimum absolute atomic E-state index is 0.672. The van der Waals surface area contributed by atoms with E-state index in [1.165, 1.54) is 103 Å². The van der Waals surface area contributed by atoms with Crippen molar-refractivity contribution in [3.8, 4) is 0 Å². The molecule has 0 saturated carbocycles. The Balaban J connectivity index is 3.72. The second-order valence-corrected chi connectivity index (χ2v) is 12.5. The fourth-order valence-corrected chi connectivity index (χ4v) is 6.40. The molecule has 0 N–H and O–H groups in total. The van der Waals surface area contributed by atoms with Crippen LogP contribution in [0.4, 0.5) is 0 Å². The van der Waals surface area contributed by atoms with Crippen LogP contribution in [-0.4, -0.2) is 48.0 Å². The molecule has 0 bridgehead atoms. The molecular weight excluding hydrogens is 402 g/mol. The minimum atomic E-state index is -2.69. The Bertz CT molecular complexity index is 356. The van der Waals surface area contributed by atoms with Gasteiger partial charge in [-0.3, -0.25) is 4.57 Å². The number of hydrogen-bond acceptors (Lipinski definition) is 4. The molecule has 5 heteroatoms. The molecule has 0 unspecified atom stereocenters. The third-order valence-electron chi connectivity index (χ3n) is 6.42. The van der Waals surface area contributed by atoms with Crippen LogP contribution in [0.25, 0.3) is 0 Å². The Morgan fingerprint density at radius 3 is 1.23 bits per heavy atom. The molecule has 31 heavy (non-hydrogen) atoms. The molecular formula is C26H57NO3Si. The van der Waals surface area contributed by atoms with Crippen molar-refractivity contribution in [2.24, 2.45) is 5.92 Å². The summed E-state index contributed by atoms with van der Waals surface area (Å²) in [7, 11) is 2.46. The molecule has 0 aliphatic rings. The summed E-state index contributed by atoms with van der Waals surface area (Å²) in [6, 6.07) is 0. The van der Waals surface area contributed by atoms with Crippen LogP contribution >= 0.6 is 0 Å². The van der Waals surface area contributed by atoms with Gasteiger partial charge in [0.15, 0.2) is 0 Å². The molecule has 0 saturated heterocycles. The van der Waals surface area contributed by atoms with E-state index < -0.39 is 8.97 Å².